The number of ether oxygens (including phenoxy) is 2. The minimum absolute atomic E-state index is 0.00232. The number of aromatic nitrogens is 1. The molecular formula is C28H34N6O4. The van der Waals surface area contributed by atoms with Crippen molar-refractivity contribution in [1.29, 1.82) is 0 Å². The lowest BCUT2D eigenvalue weighted by atomic mass is 9.74. The largest absolute Gasteiger partial charge is 0.497 e. The van der Waals surface area contributed by atoms with Gasteiger partial charge in [-0.05, 0) is 73.8 Å². The van der Waals surface area contributed by atoms with Crippen molar-refractivity contribution >= 4 is 23.3 Å². The molecule has 2 amide bonds. The predicted molar refractivity (Wildman–Crippen MR) is 141 cm³/mol. The van der Waals surface area contributed by atoms with Crippen molar-refractivity contribution in [3.63, 3.8) is 0 Å². The Morgan fingerprint density at radius 1 is 1.16 bits per heavy atom. The molecule has 7 rings (SSSR count). The van der Waals surface area contributed by atoms with Gasteiger partial charge in [0.05, 0.1) is 31.4 Å². The second kappa shape index (κ2) is 8.84. The average Bonchev–Trinajstić information content (AvgIpc) is 3.46. The van der Waals surface area contributed by atoms with Crippen LogP contribution in [-0.4, -0.2) is 61.2 Å². The summed E-state index contributed by atoms with van der Waals surface area (Å²) in [7, 11) is 3.27. The Morgan fingerprint density at radius 2 is 2.03 bits per heavy atom. The number of nitrogens with zero attached hydrogens (tertiary/aromatic N) is 2. The number of carbonyl (C=O) groups is 2. The van der Waals surface area contributed by atoms with Gasteiger partial charge in [-0.2, -0.15) is 0 Å². The number of hydrogen-bond acceptors (Lipinski definition) is 8. The minimum Gasteiger partial charge on any atom is -0.497 e. The second-order valence-corrected chi connectivity index (χ2v) is 11.3. The fourth-order valence-corrected chi connectivity index (χ4v) is 7.19. The molecule has 4 heterocycles. The maximum absolute atomic E-state index is 13.1. The van der Waals surface area contributed by atoms with Gasteiger partial charge in [0.25, 0.3) is 5.91 Å². The molecule has 6 atom stereocenters. The van der Waals surface area contributed by atoms with Crippen LogP contribution in [0.5, 0.6) is 11.5 Å². The molecule has 0 bridgehead atoms. The van der Waals surface area contributed by atoms with E-state index in [4.69, 9.17) is 9.47 Å². The first-order valence-electron chi connectivity index (χ1n) is 13.6. The van der Waals surface area contributed by atoms with Crippen LogP contribution in [0.3, 0.4) is 0 Å². The molecule has 3 aliphatic heterocycles. The number of rotatable bonds is 6. The van der Waals surface area contributed by atoms with E-state index in [2.05, 4.69) is 26.5 Å². The number of likely N-dealkylation sites (tertiary alicyclic amines) is 1. The van der Waals surface area contributed by atoms with Gasteiger partial charge in [-0.3, -0.25) is 15.0 Å². The zero-order valence-corrected chi connectivity index (χ0v) is 21.8. The molecule has 200 valence electrons. The van der Waals surface area contributed by atoms with Gasteiger partial charge in [0.2, 0.25) is 5.91 Å². The number of nitrogens with one attached hydrogen (secondary N) is 4. The number of hydrazine groups is 1. The summed E-state index contributed by atoms with van der Waals surface area (Å²) in [5.41, 5.74) is 9.10. The van der Waals surface area contributed by atoms with E-state index in [-0.39, 0.29) is 18.0 Å². The van der Waals surface area contributed by atoms with Gasteiger partial charge < -0.3 is 25.0 Å². The Bertz CT molecular complexity index is 1300. The molecule has 4 fully saturated rings. The van der Waals surface area contributed by atoms with Crippen LogP contribution >= 0.6 is 0 Å². The number of benzene rings is 1. The Labute approximate surface area is 221 Å². The van der Waals surface area contributed by atoms with Crippen LogP contribution in [0.4, 0.5) is 11.5 Å². The van der Waals surface area contributed by atoms with Crippen LogP contribution in [0, 0.1) is 17.8 Å². The average molecular weight is 519 g/mol. The standard InChI is InChI=1S/C28H34N6O4/c1-37-17-5-7-21-19(12-17)28(27(36)30-21)13-20(28)15-4-6-18-22(10-15)32-33-24(18)31-25-23(38-2)11-16(14-29-25)26(35)34-8-3-9-34/h5,7,11-12,14-15,18,20,22,24,32-33H,3-4,6,8-10,13H2,1-2H3,(H,29,31)(H,30,36)/t15?,18?,20-,22?,24?,28-/m0/s1. The number of carbonyl (C=O) groups excluding carboxylic acids is 2. The third kappa shape index (κ3) is 3.57. The first-order chi connectivity index (χ1) is 18.5. The third-order valence-electron chi connectivity index (χ3n) is 9.50. The van der Waals surface area contributed by atoms with E-state index >= 15 is 0 Å². The smallest absolute Gasteiger partial charge is 0.255 e. The Hall–Kier alpha value is -3.37. The molecule has 5 aliphatic rings. The molecular weight excluding hydrogens is 484 g/mol. The Kier molecular flexibility index (Phi) is 5.52. The van der Waals surface area contributed by atoms with Crippen molar-refractivity contribution in [3.05, 3.63) is 41.6 Å². The van der Waals surface area contributed by atoms with E-state index in [0.717, 1.165) is 62.2 Å². The van der Waals surface area contributed by atoms with Gasteiger partial charge in [-0.15, -0.1) is 0 Å². The molecule has 10 heteroatoms. The van der Waals surface area contributed by atoms with Crippen LogP contribution in [0.2, 0.25) is 0 Å². The summed E-state index contributed by atoms with van der Waals surface area (Å²) in [6.07, 6.45) is 6.72. The highest BCUT2D eigenvalue weighted by Gasteiger charge is 2.67. The number of amides is 2. The summed E-state index contributed by atoms with van der Waals surface area (Å²) in [6, 6.07) is 7.98. The van der Waals surface area contributed by atoms with Crippen LogP contribution in [0.1, 0.15) is 48.0 Å². The number of anilines is 2. The lowest BCUT2D eigenvalue weighted by Crippen LogP contribution is -2.42. The van der Waals surface area contributed by atoms with Crippen molar-refractivity contribution in [1.82, 2.24) is 20.7 Å². The van der Waals surface area contributed by atoms with Crippen LogP contribution in [0.15, 0.2) is 30.5 Å². The molecule has 1 aromatic heterocycles. The fraction of sp³-hybridized carbons (Fsp3) is 0.536. The second-order valence-electron chi connectivity index (χ2n) is 11.3. The monoisotopic (exact) mass is 518 g/mol. The molecule has 38 heavy (non-hydrogen) atoms. The van der Waals surface area contributed by atoms with Crippen LogP contribution in [0.25, 0.3) is 0 Å². The van der Waals surface area contributed by atoms with E-state index in [1.54, 1.807) is 26.5 Å². The number of pyridine rings is 1. The summed E-state index contributed by atoms with van der Waals surface area (Å²) in [5, 5.41) is 6.62. The van der Waals surface area contributed by atoms with Crippen molar-refractivity contribution in [2.45, 2.75) is 49.7 Å². The molecule has 2 aromatic rings. The molecule has 2 saturated heterocycles. The van der Waals surface area contributed by atoms with Gasteiger partial charge in [0.15, 0.2) is 11.6 Å². The highest BCUT2D eigenvalue weighted by Crippen LogP contribution is 2.65. The maximum Gasteiger partial charge on any atom is 0.255 e. The summed E-state index contributed by atoms with van der Waals surface area (Å²) in [5.74, 6) is 3.34. The van der Waals surface area contributed by atoms with Crippen LogP contribution < -0.4 is 31.0 Å². The predicted octanol–water partition coefficient (Wildman–Crippen LogP) is 2.49. The Morgan fingerprint density at radius 3 is 2.79 bits per heavy atom. The zero-order valence-electron chi connectivity index (χ0n) is 21.8. The third-order valence-corrected chi connectivity index (χ3v) is 9.50. The van der Waals surface area contributed by atoms with Crippen molar-refractivity contribution < 1.29 is 19.1 Å². The number of hydrogen-bond donors (Lipinski definition) is 4. The quantitative estimate of drug-likeness (QED) is 0.461. The van der Waals surface area contributed by atoms with Crippen molar-refractivity contribution in [2.75, 3.05) is 37.9 Å². The highest BCUT2D eigenvalue weighted by atomic mass is 16.5. The lowest BCUT2D eigenvalue weighted by Gasteiger charge is -2.34. The van der Waals surface area contributed by atoms with E-state index in [0.29, 0.717) is 40.9 Å². The molecule has 4 unspecified atom stereocenters. The minimum atomic E-state index is -0.405. The molecule has 10 nitrogen and oxygen atoms in total. The van der Waals surface area contributed by atoms with Crippen molar-refractivity contribution in [2.24, 2.45) is 17.8 Å². The van der Waals surface area contributed by atoms with Crippen LogP contribution in [-0.2, 0) is 10.2 Å². The van der Waals surface area contributed by atoms with E-state index in [9.17, 15) is 9.59 Å². The normalized spacial score (nSPS) is 32.7. The SMILES string of the molecule is COc1ccc2c(c1)[C@]1(C[C@H]1C1CCC3C(C1)NNC3Nc1ncc(C(=O)N3CCC3)cc1OC)C(=O)N2. The lowest BCUT2D eigenvalue weighted by molar-refractivity contribution is -0.118. The molecule has 1 aromatic carbocycles. The van der Waals surface area contributed by atoms with Gasteiger partial charge in [0, 0.05) is 36.9 Å². The molecule has 2 aliphatic carbocycles. The highest BCUT2D eigenvalue weighted by molar-refractivity contribution is 6.09. The topological polar surface area (TPSA) is 117 Å². The van der Waals surface area contributed by atoms with Gasteiger partial charge >= 0.3 is 0 Å². The van der Waals surface area contributed by atoms with E-state index in [1.165, 1.54) is 0 Å². The zero-order chi connectivity index (χ0) is 26.0. The maximum atomic E-state index is 13.1. The van der Waals surface area contributed by atoms with E-state index in [1.807, 2.05) is 23.1 Å². The van der Waals surface area contributed by atoms with Crippen molar-refractivity contribution in [3.8, 4) is 11.5 Å². The van der Waals surface area contributed by atoms with Gasteiger partial charge in [-0.1, -0.05) is 0 Å². The molecule has 2 saturated carbocycles. The molecule has 4 N–H and O–H groups in total. The van der Waals surface area contributed by atoms with Gasteiger partial charge in [0.1, 0.15) is 5.75 Å². The summed E-state index contributed by atoms with van der Waals surface area (Å²) in [6.45, 7) is 1.60. The fourth-order valence-electron chi connectivity index (χ4n) is 7.19. The molecule has 0 radical (unpaired) electrons. The molecule has 1 spiro atoms. The van der Waals surface area contributed by atoms with E-state index < -0.39 is 5.41 Å². The summed E-state index contributed by atoms with van der Waals surface area (Å²) < 4.78 is 11.0. The first-order valence-corrected chi connectivity index (χ1v) is 13.6. The Balaban J connectivity index is 1.02. The first kappa shape index (κ1) is 23.7. The number of fused-ring (bicyclic) bond motifs is 3. The van der Waals surface area contributed by atoms with Gasteiger partial charge in [-0.25, -0.2) is 10.4 Å². The number of methoxy groups -OCH3 is 2. The summed E-state index contributed by atoms with van der Waals surface area (Å²) in [4.78, 5) is 32.1. The summed E-state index contributed by atoms with van der Waals surface area (Å²) >= 11 is 0.